The first-order valence-corrected chi connectivity index (χ1v) is 8.51. The molecular formula is C17H27N3O3. The number of ether oxygens (including phenoxy) is 1. The van der Waals surface area contributed by atoms with Gasteiger partial charge in [0.1, 0.15) is 11.6 Å². The van der Waals surface area contributed by atoms with E-state index in [0.29, 0.717) is 18.9 Å². The summed E-state index contributed by atoms with van der Waals surface area (Å²) in [5.74, 6) is 0.0536. The van der Waals surface area contributed by atoms with Gasteiger partial charge in [-0.1, -0.05) is 12.8 Å². The van der Waals surface area contributed by atoms with Crippen LogP contribution in [0.5, 0.6) is 0 Å². The van der Waals surface area contributed by atoms with Gasteiger partial charge in [-0.25, -0.2) is 9.69 Å². The molecular weight excluding hydrogens is 294 g/mol. The zero-order valence-electron chi connectivity index (χ0n) is 14.5. The maximum absolute atomic E-state index is 12.7. The Bertz CT molecular complexity index is 506. The second-order valence-electron chi connectivity index (χ2n) is 7.43. The van der Waals surface area contributed by atoms with Crippen LogP contribution in [0.15, 0.2) is 0 Å². The number of hydrogen-bond acceptors (Lipinski definition) is 4. The minimum Gasteiger partial charge on any atom is -0.444 e. The van der Waals surface area contributed by atoms with Crippen molar-refractivity contribution in [3.63, 3.8) is 0 Å². The van der Waals surface area contributed by atoms with Crippen LogP contribution in [0.1, 0.15) is 59.8 Å². The Hall–Kier alpha value is -1.77. The number of carbonyl (C=O) groups excluding carboxylic acids is 2. The number of likely N-dealkylation sites (N-methyl/N-ethyl adjacent to an activating group) is 1. The highest BCUT2D eigenvalue weighted by Gasteiger charge is 2.49. The van der Waals surface area contributed by atoms with Gasteiger partial charge in [0.2, 0.25) is 0 Å². The molecule has 3 atom stereocenters. The molecule has 0 aromatic heterocycles. The molecule has 1 saturated carbocycles. The lowest BCUT2D eigenvalue weighted by Gasteiger charge is -2.35. The number of nitrogens with zero attached hydrogens (tertiary/aromatic N) is 3. The van der Waals surface area contributed by atoms with E-state index in [1.807, 2.05) is 27.0 Å². The van der Waals surface area contributed by atoms with Crippen molar-refractivity contribution in [1.82, 2.24) is 9.80 Å². The molecule has 1 heterocycles. The summed E-state index contributed by atoms with van der Waals surface area (Å²) in [6, 6.07) is -0.512. The predicted octanol–water partition coefficient (Wildman–Crippen LogP) is 2.88. The third-order valence-corrected chi connectivity index (χ3v) is 4.68. The maximum Gasteiger partial charge on any atom is 0.411 e. The van der Waals surface area contributed by atoms with Crippen LogP contribution < -0.4 is 0 Å². The average molecular weight is 321 g/mol. The Morgan fingerprint density at radius 3 is 2.52 bits per heavy atom. The quantitative estimate of drug-likeness (QED) is 0.579. The number of hydrogen-bond donors (Lipinski definition) is 0. The van der Waals surface area contributed by atoms with Crippen LogP contribution in [0.25, 0.3) is 0 Å². The minimum absolute atomic E-state index is 0.0601. The molecule has 128 valence electrons. The molecule has 0 spiro atoms. The van der Waals surface area contributed by atoms with E-state index in [0.717, 1.165) is 30.6 Å². The summed E-state index contributed by atoms with van der Waals surface area (Å²) in [5, 5.41) is 9.15. The van der Waals surface area contributed by atoms with Crippen molar-refractivity contribution in [2.45, 2.75) is 77.5 Å². The molecule has 0 aromatic carbocycles. The van der Waals surface area contributed by atoms with Crippen molar-refractivity contribution < 1.29 is 14.3 Å². The molecule has 2 fully saturated rings. The van der Waals surface area contributed by atoms with Gasteiger partial charge in [0.05, 0.1) is 0 Å². The highest BCUT2D eigenvalue weighted by atomic mass is 16.6. The first-order valence-electron chi connectivity index (χ1n) is 8.51. The first-order chi connectivity index (χ1) is 10.8. The minimum atomic E-state index is -0.600. The van der Waals surface area contributed by atoms with E-state index in [2.05, 4.69) is 0 Å². The molecule has 1 aliphatic carbocycles. The van der Waals surface area contributed by atoms with E-state index in [1.165, 1.54) is 0 Å². The normalized spacial score (nSPS) is 27.1. The number of rotatable bonds is 2. The van der Waals surface area contributed by atoms with Crippen LogP contribution in [-0.4, -0.2) is 46.0 Å². The van der Waals surface area contributed by atoms with Gasteiger partial charge in [0.15, 0.2) is 6.19 Å². The van der Waals surface area contributed by atoms with Crippen molar-refractivity contribution in [2.75, 3.05) is 6.54 Å². The fourth-order valence-corrected chi connectivity index (χ4v) is 3.71. The number of fused-ring (bicyclic) bond motifs is 1. The van der Waals surface area contributed by atoms with E-state index >= 15 is 0 Å². The molecule has 2 aliphatic rings. The molecule has 0 N–H and O–H groups in total. The highest BCUT2D eigenvalue weighted by Crippen LogP contribution is 2.41. The predicted molar refractivity (Wildman–Crippen MR) is 85.2 cm³/mol. The van der Waals surface area contributed by atoms with Crippen molar-refractivity contribution in [1.29, 1.82) is 5.26 Å². The molecule has 2 amide bonds. The molecule has 0 unspecified atom stereocenters. The summed E-state index contributed by atoms with van der Waals surface area (Å²) >= 11 is 0. The van der Waals surface area contributed by atoms with Crippen LogP contribution in [0.3, 0.4) is 0 Å². The second kappa shape index (κ2) is 6.77. The van der Waals surface area contributed by atoms with Gasteiger partial charge in [-0.15, -0.1) is 0 Å². The van der Waals surface area contributed by atoms with Gasteiger partial charge in [-0.2, -0.15) is 5.26 Å². The maximum atomic E-state index is 12.7. The Kier molecular flexibility index (Phi) is 5.18. The van der Waals surface area contributed by atoms with Gasteiger partial charge in [0, 0.05) is 12.6 Å². The molecule has 1 aliphatic heterocycles. The molecule has 6 nitrogen and oxygen atoms in total. The number of likely N-dealkylation sites (tertiary alicyclic amines) is 1. The van der Waals surface area contributed by atoms with Gasteiger partial charge in [-0.3, -0.25) is 9.69 Å². The zero-order chi connectivity index (χ0) is 17.2. The molecule has 0 aromatic rings. The Morgan fingerprint density at radius 2 is 1.96 bits per heavy atom. The fourth-order valence-electron chi connectivity index (χ4n) is 3.71. The summed E-state index contributed by atoms with van der Waals surface area (Å²) in [4.78, 5) is 28.1. The van der Waals surface area contributed by atoms with Gasteiger partial charge in [-0.05, 0) is 52.9 Å². The Labute approximate surface area is 138 Å². The molecule has 1 saturated heterocycles. The van der Waals surface area contributed by atoms with Gasteiger partial charge >= 0.3 is 6.09 Å². The van der Waals surface area contributed by atoms with Crippen molar-refractivity contribution >= 4 is 12.0 Å². The average Bonchev–Trinajstić information content (AvgIpc) is 2.86. The van der Waals surface area contributed by atoms with Gasteiger partial charge < -0.3 is 4.74 Å². The van der Waals surface area contributed by atoms with E-state index in [9.17, 15) is 9.59 Å². The summed E-state index contributed by atoms with van der Waals surface area (Å²) in [7, 11) is 0. The van der Waals surface area contributed by atoms with Crippen LogP contribution in [0, 0.1) is 17.4 Å². The zero-order valence-corrected chi connectivity index (χ0v) is 14.5. The lowest BCUT2D eigenvalue weighted by molar-refractivity contribution is -0.133. The lowest BCUT2D eigenvalue weighted by Crippen LogP contribution is -2.51. The molecule has 6 heteroatoms. The smallest absolute Gasteiger partial charge is 0.411 e. The highest BCUT2D eigenvalue weighted by molar-refractivity contribution is 5.87. The van der Waals surface area contributed by atoms with Gasteiger partial charge in [0.25, 0.3) is 5.91 Å². The summed E-state index contributed by atoms with van der Waals surface area (Å²) in [5.41, 5.74) is -0.600. The Morgan fingerprint density at radius 1 is 1.30 bits per heavy atom. The van der Waals surface area contributed by atoms with Crippen molar-refractivity contribution in [2.24, 2.45) is 5.92 Å². The van der Waals surface area contributed by atoms with E-state index in [-0.39, 0.29) is 11.9 Å². The SMILES string of the molecule is CCN(C#N)C(=O)[C@@H]1C[C@@H]2CCCC[C@@H]2N1C(=O)OC(C)(C)C. The third-order valence-electron chi connectivity index (χ3n) is 4.68. The molecule has 2 rings (SSSR count). The molecule has 0 radical (unpaired) electrons. The second-order valence-corrected chi connectivity index (χ2v) is 7.43. The fraction of sp³-hybridized carbons (Fsp3) is 0.824. The summed E-state index contributed by atoms with van der Waals surface area (Å²) in [6.45, 7) is 7.56. The standard InChI is InChI=1S/C17H27N3O3/c1-5-19(11-18)15(21)14-10-12-8-6-7-9-13(12)20(14)16(22)23-17(2,3)4/h12-14H,5-10H2,1-4H3/t12-,13-,14-/m0/s1. The summed E-state index contributed by atoms with van der Waals surface area (Å²) in [6.07, 6.45) is 6.28. The van der Waals surface area contributed by atoms with Crippen LogP contribution in [-0.2, 0) is 9.53 Å². The number of carbonyl (C=O) groups is 2. The lowest BCUT2D eigenvalue weighted by atomic mass is 9.85. The largest absolute Gasteiger partial charge is 0.444 e. The topological polar surface area (TPSA) is 73.6 Å². The van der Waals surface area contributed by atoms with Crippen LogP contribution >= 0.6 is 0 Å². The first kappa shape index (κ1) is 17.6. The monoisotopic (exact) mass is 321 g/mol. The van der Waals surface area contributed by atoms with E-state index in [1.54, 1.807) is 11.8 Å². The third kappa shape index (κ3) is 3.77. The van der Waals surface area contributed by atoms with Crippen LogP contribution in [0.4, 0.5) is 4.79 Å². The van der Waals surface area contributed by atoms with Crippen molar-refractivity contribution in [3.8, 4) is 6.19 Å². The molecule has 23 heavy (non-hydrogen) atoms. The number of amides is 2. The van der Waals surface area contributed by atoms with Crippen LogP contribution in [0.2, 0.25) is 0 Å². The van der Waals surface area contributed by atoms with Crippen molar-refractivity contribution in [3.05, 3.63) is 0 Å². The van der Waals surface area contributed by atoms with E-state index < -0.39 is 17.7 Å². The molecule has 0 bridgehead atoms. The summed E-state index contributed by atoms with van der Waals surface area (Å²) < 4.78 is 5.53. The Balaban J connectivity index is 2.26. The van der Waals surface area contributed by atoms with E-state index in [4.69, 9.17) is 10.00 Å². The number of nitriles is 1.